The molecule has 86 valence electrons. The first-order valence-electron chi connectivity index (χ1n) is 5.09. The Morgan fingerprint density at radius 1 is 1.31 bits per heavy atom. The Bertz CT molecular complexity index is 418. The van der Waals surface area contributed by atoms with E-state index in [4.69, 9.17) is 23.2 Å². The molecule has 1 atom stereocenters. The van der Waals surface area contributed by atoms with Gasteiger partial charge in [0.2, 0.25) is 5.91 Å². The first-order valence-corrected chi connectivity index (χ1v) is 5.85. The van der Waals surface area contributed by atoms with Crippen LogP contribution in [0.1, 0.15) is 13.3 Å². The third-order valence-electron chi connectivity index (χ3n) is 3.18. The summed E-state index contributed by atoms with van der Waals surface area (Å²) in [5, 5.41) is 0. The summed E-state index contributed by atoms with van der Waals surface area (Å²) in [4.78, 5) is 13.8. The predicted molar refractivity (Wildman–Crippen MR) is 67.0 cm³/mol. The minimum atomic E-state index is -0.910. The van der Waals surface area contributed by atoms with Gasteiger partial charge in [0.15, 0.2) is 0 Å². The quantitative estimate of drug-likeness (QED) is 0.746. The molecule has 0 aliphatic heterocycles. The third kappa shape index (κ3) is 1.70. The number of hydrogen-bond donors (Lipinski definition) is 0. The molecule has 2 rings (SSSR count). The van der Waals surface area contributed by atoms with Crippen molar-refractivity contribution >= 4 is 34.8 Å². The van der Waals surface area contributed by atoms with Crippen molar-refractivity contribution in [2.45, 2.75) is 17.7 Å². The number of para-hydroxylation sites is 1. The SMILES string of the molecule is CN(C(=O)C1(C)CC1(Cl)Cl)c1ccccc1. The molecule has 1 saturated carbocycles. The van der Waals surface area contributed by atoms with Gasteiger partial charge in [0.1, 0.15) is 4.33 Å². The van der Waals surface area contributed by atoms with E-state index < -0.39 is 9.75 Å². The molecule has 0 saturated heterocycles. The van der Waals surface area contributed by atoms with Crippen molar-refractivity contribution in [3.63, 3.8) is 0 Å². The molecule has 16 heavy (non-hydrogen) atoms. The molecule has 0 spiro atoms. The fourth-order valence-corrected chi connectivity index (χ4v) is 2.47. The molecule has 1 aliphatic carbocycles. The average Bonchev–Trinajstić information content (AvgIpc) is 2.79. The van der Waals surface area contributed by atoms with Crippen LogP contribution in [0.15, 0.2) is 30.3 Å². The molecule has 0 bridgehead atoms. The number of hydrogen-bond acceptors (Lipinski definition) is 1. The third-order valence-corrected chi connectivity index (χ3v) is 4.28. The molecule has 1 aromatic rings. The number of benzene rings is 1. The number of rotatable bonds is 2. The van der Waals surface area contributed by atoms with Gasteiger partial charge in [0.05, 0.1) is 5.41 Å². The Morgan fingerprint density at radius 2 is 1.81 bits per heavy atom. The molecule has 0 heterocycles. The number of alkyl halides is 2. The number of anilines is 1. The standard InChI is InChI=1S/C12H13Cl2NO/c1-11(8-12(11,13)14)10(16)15(2)9-6-4-3-5-7-9/h3-7H,8H2,1-2H3. The number of nitrogens with zero attached hydrogens (tertiary/aromatic N) is 1. The molecular weight excluding hydrogens is 245 g/mol. The lowest BCUT2D eigenvalue weighted by Gasteiger charge is -2.22. The Kier molecular flexibility index (Phi) is 2.67. The van der Waals surface area contributed by atoms with Crippen LogP contribution in [0, 0.1) is 5.41 Å². The van der Waals surface area contributed by atoms with E-state index in [0.29, 0.717) is 6.42 Å². The molecule has 1 aliphatic rings. The van der Waals surface area contributed by atoms with Gasteiger partial charge in [-0.15, -0.1) is 23.2 Å². The highest BCUT2D eigenvalue weighted by Gasteiger charge is 2.68. The Hall–Kier alpha value is -0.730. The Labute approximate surface area is 105 Å². The van der Waals surface area contributed by atoms with E-state index in [1.54, 1.807) is 18.9 Å². The van der Waals surface area contributed by atoms with Crippen LogP contribution in [0.25, 0.3) is 0 Å². The summed E-state index contributed by atoms with van der Waals surface area (Å²) >= 11 is 12.0. The molecular formula is C12H13Cl2NO. The van der Waals surface area contributed by atoms with Gasteiger partial charge in [-0.2, -0.15) is 0 Å². The smallest absolute Gasteiger partial charge is 0.235 e. The van der Waals surface area contributed by atoms with E-state index in [1.165, 1.54) is 0 Å². The summed E-state index contributed by atoms with van der Waals surface area (Å²) in [6, 6.07) is 9.46. The molecule has 4 heteroatoms. The largest absolute Gasteiger partial charge is 0.315 e. The van der Waals surface area contributed by atoms with E-state index >= 15 is 0 Å². The summed E-state index contributed by atoms with van der Waals surface area (Å²) in [6.45, 7) is 1.80. The van der Waals surface area contributed by atoms with Crippen molar-refractivity contribution in [2.24, 2.45) is 5.41 Å². The highest BCUT2D eigenvalue weighted by molar-refractivity contribution is 6.53. The van der Waals surface area contributed by atoms with E-state index in [-0.39, 0.29) is 5.91 Å². The van der Waals surface area contributed by atoms with Gasteiger partial charge in [-0.3, -0.25) is 4.79 Å². The lowest BCUT2D eigenvalue weighted by molar-refractivity contribution is -0.122. The molecule has 1 aromatic carbocycles. The van der Waals surface area contributed by atoms with Gasteiger partial charge in [0, 0.05) is 12.7 Å². The summed E-state index contributed by atoms with van der Waals surface area (Å²) in [7, 11) is 1.74. The molecule has 2 nitrogen and oxygen atoms in total. The van der Waals surface area contributed by atoms with E-state index in [0.717, 1.165) is 5.69 Å². The van der Waals surface area contributed by atoms with Crippen molar-refractivity contribution in [1.82, 2.24) is 0 Å². The highest BCUT2D eigenvalue weighted by Crippen LogP contribution is 2.64. The topological polar surface area (TPSA) is 20.3 Å². The second kappa shape index (κ2) is 3.64. The fourth-order valence-electron chi connectivity index (χ4n) is 1.77. The zero-order valence-electron chi connectivity index (χ0n) is 9.21. The summed E-state index contributed by atoms with van der Waals surface area (Å²) in [6.07, 6.45) is 0.513. The zero-order valence-corrected chi connectivity index (χ0v) is 10.7. The fraction of sp³-hybridized carbons (Fsp3) is 0.417. The lowest BCUT2D eigenvalue weighted by Crippen LogP contribution is -2.35. The summed E-state index contributed by atoms with van der Waals surface area (Å²) < 4.78 is -0.910. The Balaban J connectivity index is 2.19. The van der Waals surface area contributed by atoms with Crippen molar-refractivity contribution < 1.29 is 4.79 Å². The van der Waals surface area contributed by atoms with Gasteiger partial charge < -0.3 is 4.90 Å². The second-order valence-electron chi connectivity index (χ2n) is 4.41. The monoisotopic (exact) mass is 257 g/mol. The van der Waals surface area contributed by atoms with Crippen LogP contribution in [0.5, 0.6) is 0 Å². The van der Waals surface area contributed by atoms with E-state index in [1.807, 2.05) is 30.3 Å². The predicted octanol–water partition coefficient (Wildman–Crippen LogP) is 3.23. The normalized spacial score (nSPS) is 26.2. The van der Waals surface area contributed by atoms with Crippen LogP contribution in [0.2, 0.25) is 0 Å². The van der Waals surface area contributed by atoms with Gasteiger partial charge in [0.25, 0.3) is 0 Å². The van der Waals surface area contributed by atoms with Crippen LogP contribution in [0.3, 0.4) is 0 Å². The number of carbonyl (C=O) groups is 1. The maximum atomic E-state index is 12.2. The number of halogens is 2. The highest BCUT2D eigenvalue weighted by atomic mass is 35.5. The van der Waals surface area contributed by atoms with Crippen LogP contribution < -0.4 is 4.90 Å². The maximum Gasteiger partial charge on any atom is 0.235 e. The summed E-state index contributed by atoms with van der Waals surface area (Å²) in [5.74, 6) is -0.0382. The lowest BCUT2D eigenvalue weighted by atomic mass is 10.1. The van der Waals surface area contributed by atoms with Crippen molar-refractivity contribution in [3.8, 4) is 0 Å². The number of amides is 1. The maximum absolute atomic E-state index is 12.2. The molecule has 1 fully saturated rings. The van der Waals surface area contributed by atoms with Crippen molar-refractivity contribution in [3.05, 3.63) is 30.3 Å². The van der Waals surface area contributed by atoms with Gasteiger partial charge in [-0.1, -0.05) is 18.2 Å². The van der Waals surface area contributed by atoms with Crippen molar-refractivity contribution in [1.29, 1.82) is 0 Å². The van der Waals surface area contributed by atoms with Gasteiger partial charge in [-0.25, -0.2) is 0 Å². The number of carbonyl (C=O) groups excluding carboxylic acids is 1. The van der Waals surface area contributed by atoms with Gasteiger partial charge in [-0.05, 0) is 25.5 Å². The van der Waals surface area contributed by atoms with Crippen LogP contribution in [0.4, 0.5) is 5.69 Å². The molecule has 0 radical (unpaired) electrons. The Morgan fingerprint density at radius 3 is 2.25 bits per heavy atom. The minimum absolute atomic E-state index is 0.0382. The van der Waals surface area contributed by atoms with Gasteiger partial charge >= 0.3 is 0 Å². The van der Waals surface area contributed by atoms with E-state index in [9.17, 15) is 4.79 Å². The van der Waals surface area contributed by atoms with Crippen molar-refractivity contribution in [2.75, 3.05) is 11.9 Å². The molecule has 0 N–H and O–H groups in total. The van der Waals surface area contributed by atoms with Crippen LogP contribution in [-0.2, 0) is 4.79 Å². The molecule has 1 unspecified atom stereocenters. The molecule has 1 amide bonds. The first-order chi connectivity index (χ1) is 7.38. The van der Waals surface area contributed by atoms with Crippen LogP contribution in [-0.4, -0.2) is 17.3 Å². The van der Waals surface area contributed by atoms with Crippen LogP contribution >= 0.6 is 23.2 Å². The molecule has 0 aromatic heterocycles. The summed E-state index contributed by atoms with van der Waals surface area (Å²) in [5.41, 5.74) is 0.200. The minimum Gasteiger partial charge on any atom is -0.315 e. The first kappa shape index (κ1) is 11.7. The van der Waals surface area contributed by atoms with E-state index in [2.05, 4.69) is 0 Å². The average molecular weight is 258 g/mol. The zero-order chi connectivity index (χ0) is 12.0. The second-order valence-corrected chi connectivity index (χ2v) is 5.90.